The summed E-state index contributed by atoms with van der Waals surface area (Å²) in [5.41, 5.74) is 6.86. The number of rotatable bonds is 12. The van der Waals surface area contributed by atoms with Crippen molar-refractivity contribution < 1.29 is 9.53 Å². The molecule has 2 N–H and O–H groups in total. The molecule has 4 heteroatoms. The Balaban J connectivity index is 2.31. The Hall–Kier alpha value is -1.42. The lowest BCUT2D eigenvalue weighted by atomic mass is 9.91. The quantitative estimate of drug-likeness (QED) is 0.474. The third kappa shape index (κ3) is 8.78. The summed E-state index contributed by atoms with van der Waals surface area (Å²) < 4.78 is 5.02. The summed E-state index contributed by atoms with van der Waals surface area (Å²) in [5, 5.41) is 0. The SMILES string of the molecule is CCOC(=O)CCC(CCCCN)CCCc1cccnc1. The van der Waals surface area contributed by atoms with Gasteiger partial charge in [0.1, 0.15) is 0 Å². The second-order valence-corrected chi connectivity index (χ2v) is 5.75. The Morgan fingerprint density at radius 1 is 1.27 bits per heavy atom. The van der Waals surface area contributed by atoms with Gasteiger partial charge in [0.25, 0.3) is 0 Å². The Bertz CT molecular complexity index is 395. The number of carbonyl (C=O) groups excluding carboxylic acids is 1. The second-order valence-electron chi connectivity index (χ2n) is 5.75. The van der Waals surface area contributed by atoms with Crippen molar-refractivity contribution in [2.45, 2.75) is 58.3 Å². The van der Waals surface area contributed by atoms with Crippen LogP contribution in [0.4, 0.5) is 0 Å². The Morgan fingerprint density at radius 3 is 2.77 bits per heavy atom. The van der Waals surface area contributed by atoms with E-state index in [1.165, 1.54) is 5.56 Å². The van der Waals surface area contributed by atoms with Gasteiger partial charge in [0.15, 0.2) is 0 Å². The molecule has 1 unspecified atom stereocenters. The number of unbranched alkanes of at least 4 members (excludes halogenated alkanes) is 1. The van der Waals surface area contributed by atoms with Gasteiger partial charge < -0.3 is 10.5 Å². The molecule has 0 aliphatic carbocycles. The van der Waals surface area contributed by atoms with Gasteiger partial charge in [-0.3, -0.25) is 9.78 Å². The van der Waals surface area contributed by atoms with Gasteiger partial charge in [0.2, 0.25) is 0 Å². The van der Waals surface area contributed by atoms with Crippen molar-refractivity contribution >= 4 is 5.97 Å². The van der Waals surface area contributed by atoms with E-state index in [-0.39, 0.29) is 5.97 Å². The van der Waals surface area contributed by atoms with Gasteiger partial charge in [0, 0.05) is 18.8 Å². The number of hydrogen-bond acceptors (Lipinski definition) is 4. The molecule has 0 fully saturated rings. The Labute approximate surface area is 134 Å². The molecule has 0 bridgehead atoms. The molecule has 4 nitrogen and oxygen atoms in total. The number of nitrogens with two attached hydrogens (primary N) is 1. The van der Waals surface area contributed by atoms with Crippen molar-refractivity contribution in [3.8, 4) is 0 Å². The number of aryl methyl sites for hydroxylation is 1. The van der Waals surface area contributed by atoms with Crippen molar-refractivity contribution in [2.75, 3.05) is 13.2 Å². The maximum absolute atomic E-state index is 11.5. The molecule has 1 aromatic heterocycles. The monoisotopic (exact) mass is 306 g/mol. The molecule has 1 rings (SSSR count). The van der Waals surface area contributed by atoms with E-state index in [0.717, 1.165) is 51.5 Å². The molecule has 22 heavy (non-hydrogen) atoms. The third-order valence-electron chi connectivity index (χ3n) is 3.93. The average molecular weight is 306 g/mol. The minimum atomic E-state index is -0.0708. The maximum Gasteiger partial charge on any atom is 0.305 e. The van der Waals surface area contributed by atoms with E-state index in [1.54, 1.807) is 6.20 Å². The van der Waals surface area contributed by atoms with Crippen LogP contribution in [0.25, 0.3) is 0 Å². The molecule has 0 saturated carbocycles. The van der Waals surface area contributed by atoms with Gasteiger partial charge in [-0.05, 0) is 56.7 Å². The molecule has 0 spiro atoms. The third-order valence-corrected chi connectivity index (χ3v) is 3.93. The number of ether oxygens (including phenoxy) is 1. The minimum absolute atomic E-state index is 0.0708. The van der Waals surface area contributed by atoms with Crippen LogP contribution in [0.1, 0.15) is 57.4 Å². The van der Waals surface area contributed by atoms with Crippen molar-refractivity contribution in [2.24, 2.45) is 11.7 Å². The van der Waals surface area contributed by atoms with Crippen molar-refractivity contribution in [3.05, 3.63) is 30.1 Å². The fraction of sp³-hybridized carbons (Fsp3) is 0.667. The van der Waals surface area contributed by atoms with Gasteiger partial charge >= 0.3 is 5.97 Å². The summed E-state index contributed by atoms with van der Waals surface area (Å²) in [6, 6.07) is 4.10. The van der Waals surface area contributed by atoms with Gasteiger partial charge in [-0.1, -0.05) is 25.3 Å². The zero-order valence-electron chi connectivity index (χ0n) is 13.8. The largest absolute Gasteiger partial charge is 0.466 e. The smallest absolute Gasteiger partial charge is 0.305 e. The topological polar surface area (TPSA) is 65.2 Å². The first-order valence-electron chi connectivity index (χ1n) is 8.50. The van der Waals surface area contributed by atoms with Crippen LogP contribution >= 0.6 is 0 Å². The van der Waals surface area contributed by atoms with E-state index >= 15 is 0 Å². The van der Waals surface area contributed by atoms with E-state index in [1.807, 2.05) is 19.2 Å². The second kappa shape index (κ2) is 12.2. The first kappa shape index (κ1) is 18.6. The molecule has 0 aliphatic rings. The lowest BCUT2D eigenvalue weighted by molar-refractivity contribution is -0.143. The molecular formula is C18H30N2O2. The van der Waals surface area contributed by atoms with Crippen molar-refractivity contribution in [1.82, 2.24) is 4.98 Å². The van der Waals surface area contributed by atoms with E-state index in [9.17, 15) is 4.79 Å². The normalized spacial score (nSPS) is 12.1. The summed E-state index contributed by atoms with van der Waals surface area (Å²) in [4.78, 5) is 15.7. The zero-order chi connectivity index (χ0) is 16.0. The van der Waals surface area contributed by atoms with Crippen LogP contribution in [0.15, 0.2) is 24.5 Å². The first-order valence-corrected chi connectivity index (χ1v) is 8.50. The maximum atomic E-state index is 11.5. The molecule has 1 atom stereocenters. The molecule has 0 aromatic carbocycles. The lowest BCUT2D eigenvalue weighted by Crippen LogP contribution is -2.09. The first-order chi connectivity index (χ1) is 10.8. The van der Waals surface area contributed by atoms with E-state index < -0.39 is 0 Å². The van der Waals surface area contributed by atoms with E-state index in [0.29, 0.717) is 18.9 Å². The Morgan fingerprint density at radius 2 is 2.09 bits per heavy atom. The molecule has 1 aromatic rings. The highest BCUT2D eigenvalue weighted by Crippen LogP contribution is 2.22. The number of carbonyl (C=O) groups is 1. The Kier molecular flexibility index (Phi) is 10.3. The molecule has 0 saturated heterocycles. The van der Waals surface area contributed by atoms with Crippen LogP contribution in [-0.2, 0) is 16.0 Å². The standard InChI is InChI=1S/C18H30N2O2/c1-2-22-18(21)12-11-16(7-3-4-13-19)8-5-9-17-10-6-14-20-15-17/h6,10,14-16H,2-5,7-9,11-13,19H2,1H3. The van der Waals surface area contributed by atoms with Crippen LogP contribution in [0.3, 0.4) is 0 Å². The van der Waals surface area contributed by atoms with E-state index in [4.69, 9.17) is 10.5 Å². The van der Waals surface area contributed by atoms with Crippen LogP contribution in [-0.4, -0.2) is 24.1 Å². The molecular weight excluding hydrogens is 276 g/mol. The summed E-state index contributed by atoms with van der Waals surface area (Å²) in [6.07, 6.45) is 11.9. The molecule has 1 heterocycles. The summed E-state index contributed by atoms with van der Waals surface area (Å²) in [6.45, 7) is 3.07. The van der Waals surface area contributed by atoms with Gasteiger partial charge in [-0.15, -0.1) is 0 Å². The highest BCUT2D eigenvalue weighted by molar-refractivity contribution is 5.69. The minimum Gasteiger partial charge on any atom is -0.466 e. The highest BCUT2D eigenvalue weighted by Gasteiger charge is 2.12. The van der Waals surface area contributed by atoms with Crippen molar-refractivity contribution in [3.63, 3.8) is 0 Å². The fourth-order valence-electron chi connectivity index (χ4n) is 2.71. The number of esters is 1. The number of hydrogen-bond donors (Lipinski definition) is 1. The predicted octanol–water partition coefficient (Wildman–Crippen LogP) is 3.49. The lowest BCUT2D eigenvalue weighted by Gasteiger charge is -2.16. The molecule has 0 aliphatic heterocycles. The summed E-state index contributed by atoms with van der Waals surface area (Å²) >= 11 is 0. The summed E-state index contributed by atoms with van der Waals surface area (Å²) in [7, 11) is 0. The number of aromatic nitrogens is 1. The number of pyridine rings is 1. The van der Waals surface area contributed by atoms with Gasteiger partial charge in [-0.25, -0.2) is 0 Å². The summed E-state index contributed by atoms with van der Waals surface area (Å²) in [5.74, 6) is 0.520. The van der Waals surface area contributed by atoms with Gasteiger partial charge in [0.05, 0.1) is 6.61 Å². The highest BCUT2D eigenvalue weighted by atomic mass is 16.5. The van der Waals surface area contributed by atoms with Crippen LogP contribution < -0.4 is 5.73 Å². The average Bonchev–Trinajstić information content (AvgIpc) is 2.53. The zero-order valence-corrected chi connectivity index (χ0v) is 13.8. The molecule has 124 valence electrons. The van der Waals surface area contributed by atoms with Crippen LogP contribution in [0.2, 0.25) is 0 Å². The molecule has 0 amide bonds. The van der Waals surface area contributed by atoms with E-state index in [2.05, 4.69) is 11.1 Å². The predicted molar refractivity (Wildman–Crippen MR) is 89.4 cm³/mol. The molecule has 0 radical (unpaired) electrons. The van der Waals surface area contributed by atoms with Crippen LogP contribution in [0, 0.1) is 5.92 Å². The van der Waals surface area contributed by atoms with Crippen LogP contribution in [0.5, 0.6) is 0 Å². The fourth-order valence-corrected chi connectivity index (χ4v) is 2.71. The number of nitrogens with zero attached hydrogens (tertiary/aromatic N) is 1. The van der Waals surface area contributed by atoms with Gasteiger partial charge in [-0.2, -0.15) is 0 Å². The van der Waals surface area contributed by atoms with Crippen molar-refractivity contribution in [1.29, 1.82) is 0 Å².